The summed E-state index contributed by atoms with van der Waals surface area (Å²) in [6.07, 6.45) is 7.03. The molecule has 0 aromatic carbocycles. The number of carbonyl (C=O) groups is 2. The lowest BCUT2D eigenvalue weighted by Gasteiger charge is -2.39. The van der Waals surface area contributed by atoms with E-state index >= 15 is 0 Å². The molecule has 0 N–H and O–H groups in total. The Labute approximate surface area is 95.4 Å². The Kier molecular flexibility index (Phi) is 1.71. The second-order valence-electron chi connectivity index (χ2n) is 5.79. The normalized spacial score (nSPS) is 41.6. The van der Waals surface area contributed by atoms with E-state index in [1.165, 1.54) is 5.57 Å². The molecule has 2 fully saturated rings. The fourth-order valence-corrected chi connectivity index (χ4v) is 3.74. The molecule has 3 aliphatic carbocycles. The summed E-state index contributed by atoms with van der Waals surface area (Å²) in [6, 6.07) is 0. The number of allylic oxidation sites excluding steroid dienone is 4. The van der Waals surface area contributed by atoms with E-state index in [9.17, 15) is 9.59 Å². The highest BCUT2D eigenvalue weighted by Gasteiger charge is 2.56. The van der Waals surface area contributed by atoms with Crippen molar-refractivity contribution in [3.63, 3.8) is 0 Å². The van der Waals surface area contributed by atoms with Crippen LogP contribution in [-0.4, -0.2) is 11.6 Å². The highest BCUT2D eigenvalue weighted by Crippen LogP contribution is 2.61. The molecule has 2 bridgehead atoms. The van der Waals surface area contributed by atoms with E-state index in [2.05, 4.69) is 6.92 Å². The molecule has 3 rings (SSSR count). The van der Waals surface area contributed by atoms with Crippen LogP contribution in [0.5, 0.6) is 0 Å². The van der Waals surface area contributed by atoms with Gasteiger partial charge in [0.25, 0.3) is 0 Å². The van der Waals surface area contributed by atoms with E-state index in [-0.39, 0.29) is 16.6 Å². The number of fused-ring (bicyclic) bond motifs is 1. The summed E-state index contributed by atoms with van der Waals surface area (Å²) < 4.78 is 0. The fourth-order valence-electron chi connectivity index (χ4n) is 3.74. The minimum absolute atomic E-state index is 0.0952. The zero-order valence-corrected chi connectivity index (χ0v) is 9.80. The highest BCUT2D eigenvalue weighted by molar-refractivity contribution is 6.06. The van der Waals surface area contributed by atoms with E-state index < -0.39 is 0 Å². The number of rotatable bonds is 0. The maximum Gasteiger partial charge on any atom is 0.181 e. The Morgan fingerprint density at radius 1 is 1.31 bits per heavy atom. The van der Waals surface area contributed by atoms with Crippen LogP contribution in [0, 0.1) is 10.8 Å². The van der Waals surface area contributed by atoms with Crippen molar-refractivity contribution < 1.29 is 9.59 Å². The van der Waals surface area contributed by atoms with Crippen LogP contribution in [0.2, 0.25) is 0 Å². The van der Waals surface area contributed by atoms with Crippen molar-refractivity contribution in [3.8, 4) is 0 Å². The molecule has 0 aromatic heterocycles. The molecule has 0 radical (unpaired) electrons. The van der Waals surface area contributed by atoms with Gasteiger partial charge in [0, 0.05) is 17.3 Å². The predicted molar refractivity (Wildman–Crippen MR) is 60.9 cm³/mol. The highest BCUT2D eigenvalue weighted by atomic mass is 16.1. The minimum Gasteiger partial charge on any atom is -0.299 e. The lowest BCUT2D eigenvalue weighted by Crippen LogP contribution is -2.31. The summed E-state index contributed by atoms with van der Waals surface area (Å²) in [4.78, 5) is 23.7. The molecule has 0 aliphatic heterocycles. The first-order valence-electron chi connectivity index (χ1n) is 5.94. The summed E-state index contributed by atoms with van der Waals surface area (Å²) in [5.74, 6) is 0.512. The fraction of sp³-hybridized carbons (Fsp3) is 0.571. The van der Waals surface area contributed by atoms with E-state index in [1.54, 1.807) is 6.08 Å². The van der Waals surface area contributed by atoms with E-state index in [4.69, 9.17) is 0 Å². The van der Waals surface area contributed by atoms with E-state index in [1.807, 2.05) is 13.0 Å². The molecule has 2 atom stereocenters. The van der Waals surface area contributed by atoms with Crippen LogP contribution in [0.25, 0.3) is 0 Å². The second-order valence-corrected chi connectivity index (χ2v) is 5.79. The molecule has 0 aromatic rings. The van der Waals surface area contributed by atoms with Gasteiger partial charge in [-0.05, 0) is 37.8 Å². The molecule has 2 saturated carbocycles. The summed E-state index contributed by atoms with van der Waals surface area (Å²) in [5.41, 5.74) is 1.90. The smallest absolute Gasteiger partial charge is 0.181 e. The first kappa shape index (κ1) is 10.0. The lowest BCUT2D eigenvalue weighted by atomic mass is 9.63. The van der Waals surface area contributed by atoms with E-state index in [0.29, 0.717) is 12.2 Å². The summed E-state index contributed by atoms with van der Waals surface area (Å²) in [7, 11) is 0. The zero-order valence-electron chi connectivity index (χ0n) is 9.80. The van der Waals surface area contributed by atoms with E-state index in [0.717, 1.165) is 24.8 Å². The molecule has 0 amide bonds. The number of carbonyl (C=O) groups excluding carboxylic acids is 2. The first-order valence-corrected chi connectivity index (χ1v) is 5.94. The molecule has 84 valence electrons. The Morgan fingerprint density at radius 3 is 2.81 bits per heavy atom. The summed E-state index contributed by atoms with van der Waals surface area (Å²) in [6.45, 7) is 3.99. The Bertz CT molecular complexity index is 469. The average molecular weight is 216 g/mol. The van der Waals surface area contributed by atoms with Gasteiger partial charge in [0.1, 0.15) is 5.78 Å². The summed E-state index contributed by atoms with van der Waals surface area (Å²) >= 11 is 0. The lowest BCUT2D eigenvalue weighted by molar-refractivity contribution is -0.125. The van der Waals surface area contributed by atoms with Crippen molar-refractivity contribution in [3.05, 3.63) is 23.3 Å². The predicted octanol–water partition coefficient (Wildman–Crippen LogP) is 2.59. The van der Waals surface area contributed by atoms with Crippen molar-refractivity contribution in [2.75, 3.05) is 0 Å². The zero-order chi connectivity index (χ0) is 11.6. The van der Waals surface area contributed by atoms with Crippen molar-refractivity contribution in [1.29, 1.82) is 0 Å². The third-order valence-electron chi connectivity index (χ3n) is 4.76. The molecule has 2 unspecified atom stereocenters. The van der Waals surface area contributed by atoms with Gasteiger partial charge in [0.2, 0.25) is 0 Å². The molecule has 16 heavy (non-hydrogen) atoms. The Hall–Kier alpha value is -1.18. The van der Waals surface area contributed by atoms with Crippen molar-refractivity contribution >= 4 is 11.6 Å². The third kappa shape index (κ3) is 1.02. The van der Waals surface area contributed by atoms with Gasteiger partial charge in [-0.3, -0.25) is 9.59 Å². The quantitative estimate of drug-likeness (QED) is 0.623. The van der Waals surface area contributed by atoms with Gasteiger partial charge in [-0.2, -0.15) is 0 Å². The van der Waals surface area contributed by atoms with Crippen LogP contribution >= 0.6 is 0 Å². The van der Waals surface area contributed by atoms with Crippen LogP contribution in [0.1, 0.15) is 39.5 Å². The van der Waals surface area contributed by atoms with Crippen LogP contribution < -0.4 is 0 Å². The molecule has 3 aliphatic rings. The van der Waals surface area contributed by atoms with Gasteiger partial charge in [0.15, 0.2) is 5.78 Å². The van der Waals surface area contributed by atoms with Crippen LogP contribution in [-0.2, 0) is 9.59 Å². The Balaban J connectivity index is 2.16. The molecular formula is C14H16O2. The number of hydrogen-bond acceptors (Lipinski definition) is 2. The monoisotopic (exact) mass is 216 g/mol. The van der Waals surface area contributed by atoms with Gasteiger partial charge in [-0.25, -0.2) is 0 Å². The van der Waals surface area contributed by atoms with Crippen molar-refractivity contribution in [1.82, 2.24) is 0 Å². The van der Waals surface area contributed by atoms with Crippen LogP contribution in [0.4, 0.5) is 0 Å². The SMILES string of the molecule is CC1=C2CCC3(C)CC2(C=CC1=O)CC3=O. The first-order chi connectivity index (χ1) is 7.47. The van der Waals surface area contributed by atoms with Gasteiger partial charge >= 0.3 is 0 Å². The minimum atomic E-state index is -0.130. The Morgan fingerprint density at radius 2 is 2.06 bits per heavy atom. The second kappa shape index (κ2) is 2.73. The maximum atomic E-state index is 12.1. The number of hydrogen-bond donors (Lipinski definition) is 0. The maximum absolute atomic E-state index is 12.1. The average Bonchev–Trinajstić information content (AvgIpc) is 2.42. The number of Topliss-reactive ketones (excluding diaryl/α,β-unsaturated/α-hetero) is 1. The molecule has 2 nitrogen and oxygen atoms in total. The molecular weight excluding hydrogens is 200 g/mol. The molecule has 1 spiro atoms. The largest absolute Gasteiger partial charge is 0.299 e. The van der Waals surface area contributed by atoms with Gasteiger partial charge in [-0.15, -0.1) is 0 Å². The number of ketones is 2. The van der Waals surface area contributed by atoms with Crippen molar-refractivity contribution in [2.24, 2.45) is 10.8 Å². The van der Waals surface area contributed by atoms with Gasteiger partial charge in [0.05, 0.1) is 0 Å². The van der Waals surface area contributed by atoms with Gasteiger partial charge < -0.3 is 0 Å². The molecule has 0 heterocycles. The molecule has 0 saturated heterocycles. The topological polar surface area (TPSA) is 34.1 Å². The summed E-state index contributed by atoms with van der Waals surface area (Å²) in [5, 5.41) is 0. The third-order valence-corrected chi connectivity index (χ3v) is 4.76. The van der Waals surface area contributed by atoms with Crippen molar-refractivity contribution in [2.45, 2.75) is 39.5 Å². The standard InChI is InChI=1S/C14H16O2/c1-9-10-3-5-13(2)8-14(10,7-12(13)16)6-4-11(9)15/h4,6H,3,5,7-8H2,1-2H3. The van der Waals surface area contributed by atoms with Crippen LogP contribution in [0.3, 0.4) is 0 Å². The molecule has 2 heteroatoms. The van der Waals surface area contributed by atoms with Gasteiger partial charge in [-0.1, -0.05) is 18.6 Å². The van der Waals surface area contributed by atoms with Crippen LogP contribution in [0.15, 0.2) is 23.3 Å².